The molecule has 0 spiro atoms. The molecule has 2 rings (SSSR count). The molecule has 2 aromatic rings. The Morgan fingerprint density at radius 2 is 1.94 bits per heavy atom. The molecule has 1 aromatic carbocycles. The number of carbonyl (C=O) groups excluding carboxylic acids is 1. The third-order valence-electron chi connectivity index (χ3n) is 2.49. The summed E-state index contributed by atoms with van der Waals surface area (Å²) in [6.07, 6.45) is 1.62. The zero-order valence-corrected chi connectivity index (χ0v) is 9.77. The number of nitrogens with one attached hydrogen (secondary N) is 2. The molecular formula is C12H14N4O. The van der Waals surface area contributed by atoms with Crippen molar-refractivity contribution in [1.82, 2.24) is 9.55 Å². The number of nitrogens with zero attached hydrogens (tertiary/aromatic N) is 2. The number of benzene rings is 1. The number of aromatic nitrogens is 2. The topological polar surface area (TPSA) is 59.0 Å². The molecule has 0 saturated carbocycles. The molecule has 88 valence electrons. The van der Waals surface area contributed by atoms with Gasteiger partial charge in [-0.15, -0.1) is 0 Å². The quantitative estimate of drug-likeness (QED) is 0.832. The average Bonchev–Trinajstić information content (AvgIpc) is 2.62. The van der Waals surface area contributed by atoms with E-state index in [4.69, 9.17) is 0 Å². The van der Waals surface area contributed by atoms with E-state index in [1.807, 2.05) is 48.9 Å². The van der Waals surface area contributed by atoms with Gasteiger partial charge in [0.2, 0.25) is 0 Å². The van der Waals surface area contributed by atoms with Gasteiger partial charge in [0.15, 0.2) is 0 Å². The van der Waals surface area contributed by atoms with Gasteiger partial charge >= 0.3 is 6.03 Å². The maximum absolute atomic E-state index is 11.7. The number of aryl methyl sites for hydroxylation is 1. The first-order chi connectivity index (χ1) is 8.16. The van der Waals surface area contributed by atoms with Crippen molar-refractivity contribution in [3.63, 3.8) is 0 Å². The minimum absolute atomic E-state index is 0.279. The molecule has 0 aliphatic heterocycles. The lowest BCUT2D eigenvalue weighted by Gasteiger charge is -2.07. The lowest BCUT2D eigenvalue weighted by molar-refractivity contribution is 0.262. The summed E-state index contributed by atoms with van der Waals surface area (Å²) in [5.41, 5.74) is 0.754. The van der Waals surface area contributed by atoms with Crippen molar-refractivity contribution in [2.24, 2.45) is 7.05 Å². The van der Waals surface area contributed by atoms with Gasteiger partial charge in [-0.25, -0.2) is 9.78 Å². The second-order valence-electron chi connectivity index (χ2n) is 3.69. The van der Waals surface area contributed by atoms with E-state index in [2.05, 4.69) is 15.6 Å². The average molecular weight is 230 g/mol. The zero-order valence-electron chi connectivity index (χ0n) is 9.77. The number of hydrogen-bond donors (Lipinski definition) is 2. The maximum atomic E-state index is 11.7. The highest BCUT2D eigenvalue weighted by Gasteiger charge is 2.06. The smallest absolute Gasteiger partial charge is 0.318 e. The van der Waals surface area contributed by atoms with Crippen LogP contribution in [0.25, 0.3) is 0 Å². The Morgan fingerprint density at radius 3 is 2.53 bits per heavy atom. The summed E-state index contributed by atoms with van der Waals surface area (Å²) < 4.78 is 1.81. The molecular weight excluding hydrogens is 216 g/mol. The highest BCUT2D eigenvalue weighted by molar-refractivity contribution is 5.99. The Kier molecular flexibility index (Phi) is 3.09. The van der Waals surface area contributed by atoms with Crippen molar-refractivity contribution in [3.05, 3.63) is 42.4 Å². The van der Waals surface area contributed by atoms with Gasteiger partial charge in [-0.3, -0.25) is 5.32 Å². The first-order valence-electron chi connectivity index (χ1n) is 5.28. The molecule has 0 aliphatic carbocycles. The first-order valence-corrected chi connectivity index (χ1v) is 5.28. The van der Waals surface area contributed by atoms with E-state index in [0.717, 1.165) is 11.5 Å². The van der Waals surface area contributed by atoms with E-state index in [1.165, 1.54) is 0 Å². The van der Waals surface area contributed by atoms with Crippen molar-refractivity contribution in [1.29, 1.82) is 0 Å². The molecule has 0 radical (unpaired) electrons. The predicted octanol–water partition coefficient (Wildman–Crippen LogP) is 2.37. The van der Waals surface area contributed by atoms with Gasteiger partial charge in [0, 0.05) is 12.7 Å². The molecule has 2 N–H and O–H groups in total. The molecule has 17 heavy (non-hydrogen) atoms. The summed E-state index contributed by atoms with van der Waals surface area (Å²) in [5, 5.41) is 5.47. The summed E-state index contributed by atoms with van der Waals surface area (Å²) >= 11 is 0. The fourth-order valence-electron chi connectivity index (χ4n) is 1.42. The van der Waals surface area contributed by atoms with Crippen LogP contribution in [0.1, 0.15) is 5.82 Å². The van der Waals surface area contributed by atoms with E-state index >= 15 is 0 Å². The van der Waals surface area contributed by atoms with Gasteiger partial charge in [0.05, 0.1) is 6.20 Å². The molecule has 0 aliphatic rings. The Morgan fingerprint density at radius 1 is 1.24 bits per heavy atom. The van der Waals surface area contributed by atoms with Crippen LogP contribution in [-0.4, -0.2) is 15.6 Å². The molecule has 0 fully saturated rings. The highest BCUT2D eigenvalue weighted by atomic mass is 16.2. The van der Waals surface area contributed by atoms with Gasteiger partial charge in [0.25, 0.3) is 0 Å². The molecule has 5 heteroatoms. The zero-order chi connectivity index (χ0) is 12.3. The maximum Gasteiger partial charge on any atom is 0.324 e. The number of imidazole rings is 1. The lowest BCUT2D eigenvalue weighted by atomic mass is 10.3. The number of carbonyl (C=O) groups is 1. The van der Waals surface area contributed by atoms with Crippen LogP contribution in [0.2, 0.25) is 0 Å². The van der Waals surface area contributed by atoms with E-state index in [-0.39, 0.29) is 6.03 Å². The van der Waals surface area contributed by atoms with Gasteiger partial charge < -0.3 is 9.88 Å². The van der Waals surface area contributed by atoms with Crippen LogP contribution in [0.15, 0.2) is 36.5 Å². The second-order valence-corrected chi connectivity index (χ2v) is 3.69. The molecule has 2 amide bonds. The van der Waals surface area contributed by atoms with Crippen molar-refractivity contribution >= 4 is 17.5 Å². The van der Waals surface area contributed by atoms with Crippen molar-refractivity contribution in [2.45, 2.75) is 6.92 Å². The summed E-state index contributed by atoms with van der Waals surface area (Å²) in [5.74, 6) is 1.51. The van der Waals surface area contributed by atoms with Crippen LogP contribution in [0, 0.1) is 6.92 Å². The lowest BCUT2D eigenvalue weighted by Crippen LogP contribution is -2.20. The van der Waals surface area contributed by atoms with Crippen molar-refractivity contribution in [3.8, 4) is 0 Å². The summed E-state index contributed by atoms with van der Waals surface area (Å²) in [7, 11) is 1.85. The SMILES string of the molecule is Cc1ncc(NC(=O)Nc2ccccc2)n1C. The van der Waals surface area contributed by atoms with Crippen molar-refractivity contribution in [2.75, 3.05) is 10.6 Å². The molecule has 0 saturated heterocycles. The van der Waals surface area contributed by atoms with Gasteiger partial charge in [0.1, 0.15) is 11.6 Å². The van der Waals surface area contributed by atoms with Gasteiger partial charge in [-0.05, 0) is 19.1 Å². The van der Waals surface area contributed by atoms with Crippen LogP contribution in [0.3, 0.4) is 0 Å². The summed E-state index contributed by atoms with van der Waals surface area (Å²) in [6, 6.07) is 9.00. The molecule has 1 heterocycles. The Bertz CT molecular complexity index is 519. The molecule has 1 aromatic heterocycles. The number of hydrogen-bond acceptors (Lipinski definition) is 2. The van der Waals surface area contributed by atoms with Crippen LogP contribution in [0.5, 0.6) is 0 Å². The van der Waals surface area contributed by atoms with Crippen LogP contribution >= 0.6 is 0 Å². The van der Waals surface area contributed by atoms with Crippen LogP contribution < -0.4 is 10.6 Å². The molecule has 5 nitrogen and oxygen atoms in total. The minimum atomic E-state index is -0.279. The summed E-state index contributed by atoms with van der Waals surface area (Å²) in [4.78, 5) is 15.8. The molecule has 0 unspecified atom stereocenters. The third kappa shape index (κ3) is 2.63. The van der Waals surface area contributed by atoms with E-state index in [9.17, 15) is 4.79 Å². The standard InChI is InChI=1S/C12H14N4O/c1-9-13-8-11(16(9)2)15-12(17)14-10-6-4-3-5-7-10/h3-8H,1-2H3,(H2,14,15,17). The van der Waals surface area contributed by atoms with E-state index < -0.39 is 0 Å². The van der Waals surface area contributed by atoms with Crippen LogP contribution in [0.4, 0.5) is 16.3 Å². The molecule has 0 bridgehead atoms. The normalized spacial score (nSPS) is 10.0. The van der Waals surface area contributed by atoms with Gasteiger partial charge in [-0.1, -0.05) is 18.2 Å². The first kappa shape index (κ1) is 11.2. The van der Waals surface area contributed by atoms with Crippen molar-refractivity contribution < 1.29 is 4.79 Å². The number of para-hydroxylation sites is 1. The van der Waals surface area contributed by atoms with E-state index in [1.54, 1.807) is 6.20 Å². The van der Waals surface area contributed by atoms with Gasteiger partial charge in [-0.2, -0.15) is 0 Å². The monoisotopic (exact) mass is 230 g/mol. The Labute approximate surface area is 99.5 Å². The number of urea groups is 1. The number of amides is 2. The highest BCUT2D eigenvalue weighted by Crippen LogP contribution is 2.09. The molecule has 0 atom stereocenters. The predicted molar refractivity (Wildman–Crippen MR) is 67.0 cm³/mol. The van der Waals surface area contributed by atoms with Crippen LogP contribution in [-0.2, 0) is 7.05 Å². The fraction of sp³-hybridized carbons (Fsp3) is 0.167. The Hall–Kier alpha value is -2.30. The third-order valence-corrected chi connectivity index (χ3v) is 2.49. The number of rotatable bonds is 2. The fourth-order valence-corrected chi connectivity index (χ4v) is 1.42. The number of anilines is 2. The summed E-state index contributed by atoms with van der Waals surface area (Å²) in [6.45, 7) is 1.88. The second kappa shape index (κ2) is 4.69. The Balaban J connectivity index is 2.01. The van der Waals surface area contributed by atoms with E-state index in [0.29, 0.717) is 5.82 Å². The largest absolute Gasteiger partial charge is 0.324 e. The minimum Gasteiger partial charge on any atom is -0.318 e.